The van der Waals surface area contributed by atoms with Gasteiger partial charge in [-0.3, -0.25) is 0 Å². The molecule has 90 valence electrons. The van der Waals surface area contributed by atoms with Crippen LogP contribution in [0.2, 0.25) is 5.02 Å². The van der Waals surface area contributed by atoms with Crippen molar-refractivity contribution < 1.29 is 0 Å². The van der Waals surface area contributed by atoms with E-state index in [1.807, 2.05) is 38.2 Å². The molecule has 2 aromatic rings. The first kappa shape index (κ1) is 12.1. The Morgan fingerprint density at radius 3 is 2.82 bits per heavy atom. The molecule has 0 radical (unpaired) electrons. The van der Waals surface area contributed by atoms with Gasteiger partial charge < -0.3 is 5.73 Å². The van der Waals surface area contributed by atoms with Crippen LogP contribution in [0.5, 0.6) is 0 Å². The maximum atomic E-state index is 6.16. The fourth-order valence-corrected chi connectivity index (χ4v) is 1.85. The lowest BCUT2D eigenvalue weighted by Gasteiger charge is -2.04. The molecule has 5 heteroatoms. The lowest BCUT2D eigenvalue weighted by molar-refractivity contribution is 0.648. The number of rotatable bonds is 3. The number of aryl methyl sites for hydroxylation is 1. The molecule has 0 aliphatic rings. The number of halogens is 1. The fraction of sp³-hybridized carbons (Fsp3) is 0.333. The molecule has 17 heavy (non-hydrogen) atoms. The Bertz CT molecular complexity index is 519. The van der Waals surface area contributed by atoms with Crippen molar-refractivity contribution in [3.63, 3.8) is 0 Å². The van der Waals surface area contributed by atoms with Gasteiger partial charge in [-0.2, -0.15) is 0 Å². The van der Waals surface area contributed by atoms with Crippen molar-refractivity contribution in [2.24, 2.45) is 5.73 Å². The third-order valence-electron chi connectivity index (χ3n) is 2.56. The highest BCUT2D eigenvalue weighted by molar-refractivity contribution is 6.31. The van der Waals surface area contributed by atoms with E-state index in [0.29, 0.717) is 6.54 Å². The maximum absolute atomic E-state index is 6.16. The van der Waals surface area contributed by atoms with Crippen molar-refractivity contribution >= 4 is 11.6 Å². The summed E-state index contributed by atoms with van der Waals surface area (Å²) < 4.78 is 1.75. The van der Waals surface area contributed by atoms with Crippen molar-refractivity contribution in [2.45, 2.75) is 26.4 Å². The second-order valence-electron chi connectivity index (χ2n) is 4.22. The largest absolute Gasteiger partial charge is 0.323 e. The van der Waals surface area contributed by atoms with E-state index in [1.54, 1.807) is 4.68 Å². The first-order chi connectivity index (χ1) is 8.06. The second kappa shape index (κ2) is 4.85. The van der Waals surface area contributed by atoms with Crippen molar-refractivity contribution in [2.75, 3.05) is 0 Å². The van der Waals surface area contributed by atoms with Crippen molar-refractivity contribution in [1.29, 1.82) is 0 Å². The summed E-state index contributed by atoms with van der Waals surface area (Å²) in [6, 6.07) is 5.88. The Labute approximate surface area is 105 Å². The number of nitrogens with two attached hydrogens (primary N) is 1. The summed E-state index contributed by atoms with van der Waals surface area (Å²) in [7, 11) is 0. The van der Waals surface area contributed by atoms with Gasteiger partial charge in [-0.25, -0.2) is 4.68 Å². The van der Waals surface area contributed by atoms with E-state index in [9.17, 15) is 0 Å². The van der Waals surface area contributed by atoms with Crippen molar-refractivity contribution in [3.8, 4) is 0 Å². The van der Waals surface area contributed by atoms with Crippen molar-refractivity contribution in [3.05, 3.63) is 46.2 Å². The van der Waals surface area contributed by atoms with Crippen LogP contribution in [0.1, 0.15) is 29.8 Å². The predicted octanol–water partition coefficient (Wildman–Crippen LogP) is 2.31. The average molecular weight is 251 g/mol. The highest BCUT2D eigenvalue weighted by Gasteiger charge is 2.07. The number of benzene rings is 1. The molecule has 0 aliphatic heterocycles. The lowest BCUT2D eigenvalue weighted by atomic mass is 10.1. The Balaban J connectivity index is 2.19. The minimum atomic E-state index is -0.0998. The summed E-state index contributed by atoms with van der Waals surface area (Å²) in [5, 5.41) is 8.78. The summed E-state index contributed by atoms with van der Waals surface area (Å²) in [6.45, 7) is 4.51. The summed E-state index contributed by atoms with van der Waals surface area (Å²) in [5.74, 6) is 0. The van der Waals surface area contributed by atoms with Crippen LogP contribution in [0.4, 0.5) is 0 Å². The van der Waals surface area contributed by atoms with Gasteiger partial charge in [-0.15, -0.1) is 5.10 Å². The zero-order chi connectivity index (χ0) is 12.4. The molecule has 0 saturated carbocycles. The van der Waals surface area contributed by atoms with Crippen LogP contribution in [0.3, 0.4) is 0 Å². The van der Waals surface area contributed by atoms with E-state index in [0.717, 1.165) is 21.8 Å². The van der Waals surface area contributed by atoms with Gasteiger partial charge in [0.1, 0.15) is 0 Å². The van der Waals surface area contributed by atoms with E-state index in [2.05, 4.69) is 10.3 Å². The van der Waals surface area contributed by atoms with Crippen LogP contribution in [0.25, 0.3) is 0 Å². The van der Waals surface area contributed by atoms with Gasteiger partial charge in [0, 0.05) is 11.1 Å². The molecule has 2 rings (SSSR count). The minimum absolute atomic E-state index is 0.0998. The van der Waals surface area contributed by atoms with Crippen LogP contribution in [-0.2, 0) is 6.54 Å². The summed E-state index contributed by atoms with van der Waals surface area (Å²) >= 11 is 6.16. The molecule has 0 spiro atoms. The van der Waals surface area contributed by atoms with Gasteiger partial charge in [0.2, 0.25) is 0 Å². The molecule has 1 heterocycles. The Hall–Kier alpha value is -1.39. The first-order valence-corrected chi connectivity index (χ1v) is 5.84. The summed E-state index contributed by atoms with van der Waals surface area (Å²) in [4.78, 5) is 0. The zero-order valence-electron chi connectivity index (χ0n) is 9.89. The smallest absolute Gasteiger partial charge is 0.0991 e. The molecule has 0 aliphatic carbocycles. The Morgan fingerprint density at radius 1 is 1.47 bits per heavy atom. The maximum Gasteiger partial charge on any atom is 0.0991 e. The van der Waals surface area contributed by atoms with E-state index in [1.165, 1.54) is 0 Å². The summed E-state index contributed by atoms with van der Waals surface area (Å²) in [5.41, 5.74) is 8.69. The molecule has 2 N–H and O–H groups in total. The van der Waals surface area contributed by atoms with Gasteiger partial charge in [0.25, 0.3) is 0 Å². The van der Waals surface area contributed by atoms with Gasteiger partial charge in [-0.05, 0) is 31.0 Å². The number of aromatic nitrogens is 3. The van der Waals surface area contributed by atoms with Gasteiger partial charge in [0.05, 0.1) is 18.4 Å². The zero-order valence-corrected chi connectivity index (χ0v) is 10.6. The quantitative estimate of drug-likeness (QED) is 0.910. The highest BCUT2D eigenvalue weighted by Crippen LogP contribution is 2.18. The first-order valence-electron chi connectivity index (χ1n) is 5.47. The number of hydrogen-bond acceptors (Lipinski definition) is 3. The molecule has 0 fully saturated rings. The van der Waals surface area contributed by atoms with Crippen LogP contribution >= 0.6 is 11.6 Å². The molecule has 0 bridgehead atoms. The van der Waals surface area contributed by atoms with Crippen LogP contribution in [0.15, 0.2) is 24.4 Å². The molecule has 0 amide bonds. The molecular formula is C12H15ClN4. The number of hydrogen-bond donors (Lipinski definition) is 1. The van der Waals surface area contributed by atoms with E-state index in [-0.39, 0.29) is 6.04 Å². The Kier molecular flexibility index (Phi) is 3.45. The molecule has 1 atom stereocenters. The minimum Gasteiger partial charge on any atom is -0.323 e. The molecule has 1 unspecified atom stereocenters. The average Bonchev–Trinajstić information content (AvgIpc) is 2.71. The molecule has 4 nitrogen and oxygen atoms in total. The third-order valence-corrected chi connectivity index (χ3v) is 2.92. The van der Waals surface area contributed by atoms with E-state index < -0.39 is 0 Å². The van der Waals surface area contributed by atoms with Crippen LogP contribution < -0.4 is 5.73 Å². The van der Waals surface area contributed by atoms with Gasteiger partial charge >= 0.3 is 0 Å². The van der Waals surface area contributed by atoms with Gasteiger partial charge in [-0.1, -0.05) is 28.9 Å². The molecule has 1 aromatic heterocycles. The molecule has 1 aromatic carbocycles. The molecule has 0 saturated heterocycles. The summed E-state index contributed by atoms with van der Waals surface area (Å²) in [6.07, 6.45) is 1.85. The van der Waals surface area contributed by atoms with E-state index in [4.69, 9.17) is 17.3 Å². The predicted molar refractivity (Wildman–Crippen MR) is 67.9 cm³/mol. The van der Waals surface area contributed by atoms with Gasteiger partial charge in [0.15, 0.2) is 0 Å². The number of nitrogens with zero attached hydrogens (tertiary/aromatic N) is 3. The normalized spacial score (nSPS) is 12.7. The monoisotopic (exact) mass is 250 g/mol. The van der Waals surface area contributed by atoms with E-state index >= 15 is 0 Å². The second-order valence-corrected chi connectivity index (χ2v) is 4.63. The topological polar surface area (TPSA) is 56.7 Å². The Morgan fingerprint density at radius 2 is 2.24 bits per heavy atom. The van der Waals surface area contributed by atoms with Crippen LogP contribution in [0, 0.1) is 6.92 Å². The lowest BCUT2D eigenvalue weighted by Crippen LogP contribution is -2.05. The highest BCUT2D eigenvalue weighted by atomic mass is 35.5. The van der Waals surface area contributed by atoms with Crippen molar-refractivity contribution in [1.82, 2.24) is 15.0 Å². The fourth-order valence-electron chi connectivity index (χ4n) is 1.55. The van der Waals surface area contributed by atoms with Crippen LogP contribution in [-0.4, -0.2) is 15.0 Å². The molecular weight excluding hydrogens is 236 g/mol. The standard InChI is InChI=1S/C12H15ClN4/c1-8-3-4-10(11(13)5-8)6-17-7-12(9(2)14)15-16-17/h3-5,7,9H,6,14H2,1-2H3. The third kappa shape index (κ3) is 2.84. The SMILES string of the molecule is Cc1ccc(Cn2cc(C(C)N)nn2)c(Cl)c1.